The Morgan fingerprint density at radius 3 is 2.92 bits per heavy atom. The number of carbonyl (C=O) groups is 1. The van der Waals surface area contributed by atoms with E-state index < -0.39 is 17.7 Å². The molecule has 1 aliphatic rings. The molecule has 1 aromatic heterocycles. The predicted molar refractivity (Wildman–Crippen MR) is 87.5 cm³/mol. The van der Waals surface area contributed by atoms with Crippen LogP contribution in [0.2, 0.25) is 0 Å². The largest absolute Gasteiger partial charge is 0.434 e. The Balaban J connectivity index is 1.60. The smallest absolute Gasteiger partial charge is 0.250 e. The SMILES string of the molecule is CNC(=O)C1CN(Cc2cnc(Oc3ccc(F)cc3F)cn2)CCO1. The molecule has 26 heavy (non-hydrogen) atoms. The van der Waals surface area contributed by atoms with Crippen LogP contribution in [0.15, 0.2) is 30.6 Å². The molecule has 0 spiro atoms. The average Bonchev–Trinajstić information content (AvgIpc) is 2.65. The zero-order valence-electron chi connectivity index (χ0n) is 14.1. The molecule has 1 saturated heterocycles. The monoisotopic (exact) mass is 364 g/mol. The molecule has 1 aromatic carbocycles. The Kier molecular flexibility index (Phi) is 5.69. The Morgan fingerprint density at radius 1 is 1.38 bits per heavy atom. The van der Waals surface area contributed by atoms with Crippen LogP contribution in [-0.2, 0) is 16.1 Å². The fourth-order valence-corrected chi connectivity index (χ4v) is 2.54. The molecule has 1 N–H and O–H groups in total. The number of benzene rings is 1. The number of nitrogens with zero attached hydrogens (tertiary/aromatic N) is 3. The van der Waals surface area contributed by atoms with Crippen molar-refractivity contribution in [3.8, 4) is 11.6 Å². The summed E-state index contributed by atoms with van der Waals surface area (Å²) < 4.78 is 37.2. The predicted octanol–water partition coefficient (Wildman–Crippen LogP) is 1.49. The van der Waals surface area contributed by atoms with Gasteiger partial charge in [-0.05, 0) is 12.1 Å². The molecule has 7 nitrogen and oxygen atoms in total. The summed E-state index contributed by atoms with van der Waals surface area (Å²) in [5.74, 6) is -1.69. The van der Waals surface area contributed by atoms with Gasteiger partial charge in [-0.25, -0.2) is 13.8 Å². The van der Waals surface area contributed by atoms with E-state index in [1.807, 2.05) is 4.90 Å². The van der Waals surface area contributed by atoms with Gasteiger partial charge in [0, 0.05) is 32.7 Å². The van der Waals surface area contributed by atoms with Gasteiger partial charge < -0.3 is 14.8 Å². The molecular weight excluding hydrogens is 346 g/mol. The molecule has 9 heteroatoms. The van der Waals surface area contributed by atoms with Crippen molar-refractivity contribution >= 4 is 5.91 Å². The van der Waals surface area contributed by atoms with E-state index in [4.69, 9.17) is 9.47 Å². The van der Waals surface area contributed by atoms with Gasteiger partial charge in [0.05, 0.1) is 24.7 Å². The summed E-state index contributed by atoms with van der Waals surface area (Å²) in [5, 5.41) is 2.57. The summed E-state index contributed by atoms with van der Waals surface area (Å²) in [4.78, 5) is 22.0. The molecule has 138 valence electrons. The van der Waals surface area contributed by atoms with E-state index in [1.165, 1.54) is 18.5 Å². The highest BCUT2D eigenvalue weighted by Gasteiger charge is 2.26. The van der Waals surface area contributed by atoms with Gasteiger partial charge in [0.15, 0.2) is 11.6 Å². The van der Waals surface area contributed by atoms with E-state index in [0.29, 0.717) is 31.9 Å². The molecule has 0 radical (unpaired) electrons. The summed E-state index contributed by atoms with van der Waals surface area (Å²) in [6.45, 7) is 2.08. The number of likely N-dealkylation sites (N-methyl/N-ethyl adjacent to an activating group) is 1. The van der Waals surface area contributed by atoms with Crippen molar-refractivity contribution < 1.29 is 23.0 Å². The first-order chi connectivity index (χ1) is 12.5. The first kappa shape index (κ1) is 18.2. The zero-order valence-corrected chi connectivity index (χ0v) is 14.1. The van der Waals surface area contributed by atoms with Crippen LogP contribution in [0, 0.1) is 11.6 Å². The highest BCUT2D eigenvalue weighted by molar-refractivity contribution is 5.80. The van der Waals surface area contributed by atoms with Crippen LogP contribution < -0.4 is 10.1 Å². The minimum absolute atomic E-state index is 0.101. The third-order valence-corrected chi connectivity index (χ3v) is 3.87. The van der Waals surface area contributed by atoms with Crippen molar-refractivity contribution in [3.63, 3.8) is 0 Å². The molecule has 0 bridgehead atoms. The van der Waals surface area contributed by atoms with Crippen LogP contribution >= 0.6 is 0 Å². The summed E-state index contributed by atoms with van der Waals surface area (Å²) >= 11 is 0. The third-order valence-electron chi connectivity index (χ3n) is 3.87. The van der Waals surface area contributed by atoms with E-state index in [1.54, 1.807) is 7.05 Å². The number of ether oxygens (including phenoxy) is 2. The van der Waals surface area contributed by atoms with Gasteiger partial charge in [-0.15, -0.1) is 0 Å². The summed E-state index contributed by atoms with van der Waals surface area (Å²) in [7, 11) is 1.57. The molecule has 1 amide bonds. The molecule has 1 atom stereocenters. The highest BCUT2D eigenvalue weighted by atomic mass is 19.1. The number of amides is 1. The Labute approximate surface area is 149 Å². The van der Waals surface area contributed by atoms with Crippen molar-refractivity contribution in [3.05, 3.63) is 47.9 Å². The molecule has 2 aromatic rings. The standard InChI is InChI=1S/C17H18F2N4O3/c1-20-17(24)15-10-23(4-5-25-15)9-12-7-22-16(8-21-12)26-14-3-2-11(18)6-13(14)19/h2-3,6-8,15H,4-5,9-10H2,1H3,(H,20,24). The quantitative estimate of drug-likeness (QED) is 0.866. The van der Waals surface area contributed by atoms with Crippen molar-refractivity contribution in [1.29, 1.82) is 0 Å². The minimum atomic E-state index is -0.815. The topological polar surface area (TPSA) is 76.6 Å². The van der Waals surface area contributed by atoms with Gasteiger partial charge in [-0.1, -0.05) is 0 Å². The maximum atomic E-state index is 13.6. The van der Waals surface area contributed by atoms with Gasteiger partial charge in [0.25, 0.3) is 0 Å². The van der Waals surface area contributed by atoms with E-state index in [9.17, 15) is 13.6 Å². The number of carbonyl (C=O) groups excluding carboxylic acids is 1. The number of aromatic nitrogens is 2. The molecule has 1 fully saturated rings. The minimum Gasteiger partial charge on any atom is -0.434 e. The number of halogens is 2. The zero-order chi connectivity index (χ0) is 18.5. The lowest BCUT2D eigenvalue weighted by atomic mass is 10.2. The fraction of sp³-hybridized carbons (Fsp3) is 0.353. The Hall–Kier alpha value is -2.65. The van der Waals surface area contributed by atoms with Crippen LogP contribution in [0.25, 0.3) is 0 Å². The fourth-order valence-electron chi connectivity index (χ4n) is 2.54. The first-order valence-corrected chi connectivity index (χ1v) is 8.04. The first-order valence-electron chi connectivity index (χ1n) is 8.04. The van der Waals surface area contributed by atoms with Crippen LogP contribution in [0.3, 0.4) is 0 Å². The van der Waals surface area contributed by atoms with Crippen molar-refractivity contribution in [2.75, 3.05) is 26.7 Å². The maximum Gasteiger partial charge on any atom is 0.250 e. The maximum absolute atomic E-state index is 13.6. The van der Waals surface area contributed by atoms with E-state index in [2.05, 4.69) is 15.3 Å². The van der Waals surface area contributed by atoms with Gasteiger partial charge in [-0.3, -0.25) is 14.7 Å². The number of nitrogens with one attached hydrogen (secondary N) is 1. The molecular formula is C17H18F2N4O3. The van der Waals surface area contributed by atoms with Crippen LogP contribution in [0.1, 0.15) is 5.69 Å². The van der Waals surface area contributed by atoms with Gasteiger partial charge >= 0.3 is 0 Å². The van der Waals surface area contributed by atoms with Crippen molar-refractivity contribution in [2.45, 2.75) is 12.6 Å². The lowest BCUT2D eigenvalue weighted by molar-refractivity contribution is -0.138. The Bertz CT molecular complexity index is 773. The van der Waals surface area contributed by atoms with E-state index >= 15 is 0 Å². The second kappa shape index (κ2) is 8.15. The Morgan fingerprint density at radius 2 is 2.23 bits per heavy atom. The lowest BCUT2D eigenvalue weighted by Crippen LogP contribution is -2.48. The second-order valence-electron chi connectivity index (χ2n) is 5.73. The molecule has 0 saturated carbocycles. The molecule has 2 heterocycles. The van der Waals surface area contributed by atoms with Crippen molar-refractivity contribution in [1.82, 2.24) is 20.2 Å². The summed E-state index contributed by atoms with van der Waals surface area (Å²) in [6.07, 6.45) is 2.38. The number of hydrogen-bond donors (Lipinski definition) is 1. The molecule has 1 unspecified atom stereocenters. The van der Waals surface area contributed by atoms with Gasteiger partial charge in [-0.2, -0.15) is 0 Å². The molecule has 3 rings (SSSR count). The number of rotatable bonds is 5. The number of morpholine rings is 1. The number of hydrogen-bond acceptors (Lipinski definition) is 6. The molecule has 0 aliphatic carbocycles. The normalized spacial score (nSPS) is 17.7. The van der Waals surface area contributed by atoms with Crippen molar-refractivity contribution in [2.24, 2.45) is 0 Å². The van der Waals surface area contributed by atoms with Crippen LogP contribution in [0.5, 0.6) is 11.6 Å². The lowest BCUT2D eigenvalue weighted by Gasteiger charge is -2.31. The molecule has 1 aliphatic heterocycles. The third kappa shape index (κ3) is 4.50. The van der Waals surface area contributed by atoms with Crippen LogP contribution in [0.4, 0.5) is 8.78 Å². The summed E-state index contributed by atoms with van der Waals surface area (Å²) in [5.41, 5.74) is 0.675. The second-order valence-corrected chi connectivity index (χ2v) is 5.73. The average molecular weight is 364 g/mol. The van der Waals surface area contributed by atoms with Gasteiger partial charge in [0.1, 0.15) is 11.9 Å². The van der Waals surface area contributed by atoms with Crippen LogP contribution in [-0.4, -0.2) is 53.6 Å². The van der Waals surface area contributed by atoms with E-state index in [-0.39, 0.29) is 17.5 Å². The van der Waals surface area contributed by atoms with Gasteiger partial charge in [0.2, 0.25) is 11.8 Å². The summed E-state index contributed by atoms with van der Waals surface area (Å²) in [6, 6.07) is 3.02. The highest BCUT2D eigenvalue weighted by Crippen LogP contribution is 2.23. The van der Waals surface area contributed by atoms with E-state index in [0.717, 1.165) is 12.1 Å².